The minimum Gasteiger partial charge on any atom is -0.329 e. The van der Waals surface area contributed by atoms with Gasteiger partial charge in [0.1, 0.15) is 0 Å². The standard InChI is InChI=1S/C11H17BrN2/c1-8(2)14-7-13-6-11(14)5-9(3)10(4)12/h5-8,10H,1-4H3/b9-5-. The van der Waals surface area contributed by atoms with Crippen LogP contribution in [0, 0.1) is 0 Å². The van der Waals surface area contributed by atoms with Crippen LogP contribution >= 0.6 is 15.9 Å². The zero-order chi connectivity index (χ0) is 10.7. The van der Waals surface area contributed by atoms with Gasteiger partial charge in [0.15, 0.2) is 0 Å². The molecule has 14 heavy (non-hydrogen) atoms. The van der Waals surface area contributed by atoms with Gasteiger partial charge in [0.05, 0.1) is 18.2 Å². The Morgan fingerprint density at radius 3 is 2.64 bits per heavy atom. The van der Waals surface area contributed by atoms with Crippen molar-refractivity contribution in [2.24, 2.45) is 0 Å². The molecule has 0 amide bonds. The van der Waals surface area contributed by atoms with E-state index in [1.165, 1.54) is 11.3 Å². The van der Waals surface area contributed by atoms with Crippen molar-refractivity contribution in [1.82, 2.24) is 9.55 Å². The molecule has 78 valence electrons. The Morgan fingerprint density at radius 2 is 2.14 bits per heavy atom. The topological polar surface area (TPSA) is 17.8 Å². The Morgan fingerprint density at radius 1 is 1.50 bits per heavy atom. The molecule has 0 N–H and O–H groups in total. The third-order valence-electron chi connectivity index (χ3n) is 2.26. The van der Waals surface area contributed by atoms with Crippen molar-refractivity contribution in [2.45, 2.75) is 38.6 Å². The molecule has 1 aromatic heterocycles. The van der Waals surface area contributed by atoms with Gasteiger partial charge in [-0.15, -0.1) is 0 Å². The van der Waals surface area contributed by atoms with Crippen molar-refractivity contribution < 1.29 is 0 Å². The number of allylic oxidation sites excluding steroid dienone is 1. The van der Waals surface area contributed by atoms with Gasteiger partial charge in [0.2, 0.25) is 0 Å². The van der Waals surface area contributed by atoms with Crippen LogP contribution in [-0.4, -0.2) is 14.4 Å². The van der Waals surface area contributed by atoms with E-state index in [2.05, 4.69) is 59.3 Å². The van der Waals surface area contributed by atoms with Gasteiger partial charge in [0.25, 0.3) is 0 Å². The van der Waals surface area contributed by atoms with Gasteiger partial charge in [-0.3, -0.25) is 0 Å². The zero-order valence-electron chi connectivity index (χ0n) is 9.16. The second-order valence-corrected chi connectivity index (χ2v) is 5.20. The van der Waals surface area contributed by atoms with E-state index in [4.69, 9.17) is 0 Å². The first kappa shape index (κ1) is 11.5. The highest BCUT2D eigenvalue weighted by Crippen LogP contribution is 2.17. The summed E-state index contributed by atoms with van der Waals surface area (Å²) >= 11 is 3.55. The number of rotatable bonds is 3. The van der Waals surface area contributed by atoms with Crippen LogP contribution in [0.5, 0.6) is 0 Å². The molecule has 0 aliphatic rings. The Hall–Kier alpha value is -0.570. The summed E-state index contributed by atoms with van der Waals surface area (Å²) in [5.41, 5.74) is 2.48. The van der Waals surface area contributed by atoms with Crippen molar-refractivity contribution in [1.29, 1.82) is 0 Å². The van der Waals surface area contributed by atoms with E-state index in [0.717, 1.165) is 0 Å². The van der Waals surface area contributed by atoms with Gasteiger partial charge in [-0.25, -0.2) is 4.98 Å². The van der Waals surface area contributed by atoms with Crippen molar-refractivity contribution in [3.8, 4) is 0 Å². The monoisotopic (exact) mass is 256 g/mol. The van der Waals surface area contributed by atoms with Crippen molar-refractivity contribution in [3.63, 3.8) is 0 Å². The predicted octanol–water partition coefficient (Wildman–Crippen LogP) is 3.65. The highest BCUT2D eigenvalue weighted by Gasteiger charge is 2.04. The average Bonchev–Trinajstić information content (AvgIpc) is 2.52. The summed E-state index contributed by atoms with van der Waals surface area (Å²) in [6.45, 7) is 8.57. The molecule has 1 atom stereocenters. The molecule has 0 fully saturated rings. The van der Waals surface area contributed by atoms with Gasteiger partial charge in [0, 0.05) is 10.9 Å². The molecule has 0 aromatic carbocycles. The summed E-state index contributed by atoms with van der Waals surface area (Å²) in [7, 11) is 0. The number of halogens is 1. The molecule has 0 aliphatic heterocycles. The molecule has 0 spiro atoms. The van der Waals surface area contributed by atoms with Gasteiger partial charge in [-0.05, 0) is 33.8 Å². The number of alkyl halides is 1. The van der Waals surface area contributed by atoms with Crippen molar-refractivity contribution in [2.75, 3.05) is 0 Å². The zero-order valence-corrected chi connectivity index (χ0v) is 10.7. The number of hydrogen-bond donors (Lipinski definition) is 0. The third kappa shape index (κ3) is 2.71. The SMILES string of the molecule is C/C(=C/c1cncn1C(C)C)C(C)Br. The number of nitrogens with zero attached hydrogens (tertiary/aromatic N) is 2. The summed E-state index contributed by atoms with van der Waals surface area (Å²) in [6, 6.07) is 0.460. The minimum absolute atomic E-state index is 0.415. The molecule has 0 radical (unpaired) electrons. The molecule has 1 rings (SSSR count). The maximum Gasteiger partial charge on any atom is 0.0953 e. The van der Waals surface area contributed by atoms with E-state index in [9.17, 15) is 0 Å². The van der Waals surface area contributed by atoms with Gasteiger partial charge in [-0.1, -0.05) is 21.5 Å². The van der Waals surface area contributed by atoms with Crippen molar-refractivity contribution in [3.05, 3.63) is 23.8 Å². The molecular formula is C11H17BrN2. The lowest BCUT2D eigenvalue weighted by Gasteiger charge is -2.10. The maximum atomic E-state index is 4.16. The molecule has 3 heteroatoms. The maximum absolute atomic E-state index is 4.16. The largest absolute Gasteiger partial charge is 0.329 e. The molecule has 1 unspecified atom stereocenters. The van der Waals surface area contributed by atoms with Crippen LogP contribution in [-0.2, 0) is 0 Å². The summed E-state index contributed by atoms with van der Waals surface area (Å²) in [5, 5.41) is 0. The van der Waals surface area contributed by atoms with E-state index in [0.29, 0.717) is 10.9 Å². The predicted molar refractivity (Wildman–Crippen MR) is 64.7 cm³/mol. The molecule has 2 nitrogen and oxygen atoms in total. The second kappa shape index (κ2) is 4.78. The highest BCUT2D eigenvalue weighted by atomic mass is 79.9. The van der Waals surface area contributed by atoms with E-state index in [1.807, 2.05) is 12.5 Å². The molecule has 0 saturated heterocycles. The van der Waals surface area contributed by atoms with Gasteiger partial charge < -0.3 is 4.57 Å². The molecule has 1 heterocycles. The summed E-state index contributed by atoms with van der Waals surface area (Å²) in [5.74, 6) is 0. The van der Waals surface area contributed by atoms with Gasteiger partial charge >= 0.3 is 0 Å². The minimum atomic E-state index is 0.415. The summed E-state index contributed by atoms with van der Waals surface area (Å²) in [6.07, 6.45) is 5.95. The molecular weight excluding hydrogens is 240 g/mol. The van der Waals surface area contributed by atoms with Crippen LogP contribution in [0.1, 0.15) is 39.4 Å². The fourth-order valence-electron chi connectivity index (χ4n) is 1.21. The van der Waals surface area contributed by atoms with E-state index in [-0.39, 0.29) is 0 Å². The average molecular weight is 257 g/mol. The van der Waals surface area contributed by atoms with Gasteiger partial charge in [-0.2, -0.15) is 0 Å². The molecule has 0 saturated carbocycles. The van der Waals surface area contributed by atoms with Crippen LogP contribution in [0.15, 0.2) is 18.1 Å². The smallest absolute Gasteiger partial charge is 0.0953 e. The summed E-state index contributed by atoms with van der Waals surface area (Å²) in [4.78, 5) is 4.57. The summed E-state index contributed by atoms with van der Waals surface area (Å²) < 4.78 is 2.17. The Balaban J connectivity index is 2.96. The Kier molecular flexibility index (Phi) is 3.93. The first-order valence-corrected chi connectivity index (χ1v) is 5.78. The normalized spacial score (nSPS) is 14.9. The number of hydrogen-bond acceptors (Lipinski definition) is 1. The number of aromatic nitrogens is 2. The quantitative estimate of drug-likeness (QED) is 0.756. The molecule has 0 aliphatic carbocycles. The van der Waals surface area contributed by atoms with E-state index >= 15 is 0 Å². The number of imidazole rings is 1. The van der Waals surface area contributed by atoms with Crippen molar-refractivity contribution >= 4 is 22.0 Å². The molecule has 1 aromatic rings. The third-order valence-corrected chi connectivity index (χ3v) is 2.98. The van der Waals surface area contributed by atoms with Crippen LogP contribution < -0.4 is 0 Å². The lowest BCUT2D eigenvalue weighted by molar-refractivity contribution is 0.595. The fraction of sp³-hybridized carbons (Fsp3) is 0.545. The van der Waals surface area contributed by atoms with Crippen LogP contribution in [0.3, 0.4) is 0 Å². The highest BCUT2D eigenvalue weighted by molar-refractivity contribution is 9.09. The van der Waals surface area contributed by atoms with Crippen LogP contribution in [0.2, 0.25) is 0 Å². The lowest BCUT2D eigenvalue weighted by atomic mass is 10.2. The molecule has 0 bridgehead atoms. The van der Waals surface area contributed by atoms with E-state index < -0.39 is 0 Å². The van der Waals surface area contributed by atoms with Crippen LogP contribution in [0.4, 0.5) is 0 Å². The van der Waals surface area contributed by atoms with E-state index in [1.54, 1.807) is 0 Å². The fourth-order valence-corrected chi connectivity index (χ4v) is 1.34. The Labute approximate surface area is 94.2 Å². The second-order valence-electron chi connectivity index (χ2n) is 3.82. The first-order chi connectivity index (χ1) is 6.52. The van der Waals surface area contributed by atoms with Crippen LogP contribution in [0.25, 0.3) is 6.08 Å². The Bertz CT molecular complexity index is 324. The first-order valence-electron chi connectivity index (χ1n) is 4.86. The lowest BCUT2D eigenvalue weighted by Crippen LogP contribution is -2.02.